The van der Waals surface area contributed by atoms with Crippen molar-refractivity contribution in [2.45, 2.75) is 64.9 Å². The maximum Gasteiger partial charge on any atom is 0.338 e. The molecule has 0 spiro atoms. The summed E-state index contributed by atoms with van der Waals surface area (Å²) in [5.41, 5.74) is 0.346. The predicted octanol–water partition coefficient (Wildman–Crippen LogP) is 4.17. The van der Waals surface area contributed by atoms with Crippen LogP contribution >= 0.6 is 0 Å². The SMILES string of the molecule is CCC1(C(=O)O)CC(C)(c2ccc(C(=O)OC(C)(C)C)cc2)C1. The van der Waals surface area contributed by atoms with Gasteiger partial charge in [0.1, 0.15) is 5.60 Å². The van der Waals surface area contributed by atoms with E-state index in [0.29, 0.717) is 24.8 Å². The molecule has 4 nitrogen and oxygen atoms in total. The lowest BCUT2D eigenvalue weighted by Gasteiger charge is -2.52. The standard InChI is InChI=1S/C19H26O4/c1-6-19(16(21)22)11-18(5,12-19)14-9-7-13(8-10-14)15(20)23-17(2,3)4/h7-10H,6,11-12H2,1-5H3,(H,21,22). The molecule has 0 aliphatic heterocycles. The average molecular weight is 318 g/mol. The van der Waals surface area contributed by atoms with Crippen LogP contribution in [0, 0.1) is 5.41 Å². The molecule has 0 amide bonds. The van der Waals surface area contributed by atoms with Gasteiger partial charge in [0, 0.05) is 0 Å². The average Bonchev–Trinajstić information content (AvgIpc) is 2.41. The molecule has 0 unspecified atom stereocenters. The normalized spacial score (nSPS) is 27.2. The van der Waals surface area contributed by atoms with Gasteiger partial charge < -0.3 is 9.84 Å². The highest BCUT2D eigenvalue weighted by atomic mass is 16.6. The Morgan fingerprint density at radius 3 is 2.09 bits per heavy atom. The molecule has 1 aliphatic rings. The second kappa shape index (κ2) is 5.66. The number of hydrogen-bond acceptors (Lipinski definition) is 3. The first-order valence-electron chi connectivity index (χ1n) is 8.09. The summed E-state index contributed by atoms with van der Waals surface area (Å²) in [6, 6.07) is 7.37. The Morgan fingerprint density at radius 2 is 1.70 bits per heavy atom. The molecular formula is C19H26O4. The van der Waals surface area contributed by atoms with Gasteiger partial charge in [-0.05, 0) is 63.1 Å². The first-order valence-corrected chi connectivity index (χ1v) is 8.09. The summed E-state index contributed by atoms with van der Waals surface area (Å²) >= 11 is 0. The smallest absolute Gasteiger partial charge is 0.338 e. The third kappa shape index (κ3) is 3.41. The van der Waals surface area contributed by atoms with Gasteiger partial charge in [0.2, 0.25) is 0 Å². The molecule has 23 heavy (non-hydrogen) atoms. The van der Waals surface area contributed by atoms with Crippen molar-refractivity contribution in [3.05, 3.63) is 35.4 Å². The fraction of sp³-hybridized carbons (Fsp3) is 0.579. The number of aliphatic carboxylic acids is 1. The first kappa shape index (κ1) is 17.5. The molecule has 0 atom stereocenters. The van der Waals surface area contributed by atoms with Crippen LogP contribution in [0.1, 0.15) is 69.8 Å². The molecule has 4 heteroatoms. The van der Waals surface area contributed by atoms with Gasteiger partial charge >= 0.3 is 11.9 Å². The molecule has 1 aliphatic carbocycles. The fourth-order valence-electron chi connectivity index (χ4n) is 3.54. The Kier molecular flexibility index (Phi) is 4.31. The third-order valence-electron chi connectivity index (χ3n) is 4.80. The molecule has 0 aromatic heterocycles. The van der Waals surface area contributed by atoms with E-state index in [9.17, 15) is 14.7 Å². The number of carboxylic acid groups (broad SMARTS) is 1. The van der Waals surface area contributed by atoms with E-state index in [1.807, 2.05) is 39.8 Å². The van der Waals surface area contributed by atoms with Crippen molar-refractivity contribution in [2.75, 3.05) is 0 Å². The number of benzene rings is 1. The summed E-state index contributed by atoms with van der Waals surface area (Å²) in [7, 11) is 0. The summed E-state index contributed by atoms with van der Waals surface area (Å²) in [4.78, 5) is 23.5. The van der Waals surface area contributed by atoms with E-state index in [-0.39, 0.29) is 11.4 Å². The zero-order valence-electron chi connectivity index (χ0n) is 14.6. The molecule has 1 fully saturated rings. The van der Waals surface area contributed by atoms with Crippen LogP contribution < -0.4 is 0 Å². The first-order chi connectivity index (χ1) is 10.5. The Bertz CT molecular complexity index is 601. The lowest BCUT2D eigenvalue weighted by molar-refractivity contribution is -0.160. The van der Waals surface area contributed by atoms with Crippen molar-refractivity contribution in [3.63, 3.8) is 0 Å². The van der Waals surface area contributed by atoms with Crippen LogP contribution in [0.2, 0.25) is 0 Å². The van der Waals surface area contributed by atoms with E-state index in [1.54, 1.807) is 12.1 Å². The Balaban J connectivity index is 2.12. The quantitative estimate of drug-likeness (QED) is 0.846. The summed E-state index contributed by atoms with van der Waals surface area (Å²) in [5, 5.41) is 9.43. The van der Waals surface area contributed by atoms with Gasteiger partial charge in [0.05, 0.1) is 11.0 Å². The highest BCUT2D eigenvalue weighted by Crippen LogP contribution is 2.57. The molecule has 1 N–H and O–H groups in total. The van der Waals surface area contributed by atoms with Gasteiger partial charge in [-0.2, -0.15) is 0 Å². The van der Waals surface area contributed by atoms with E-state index in [4.69, 9.17) is 4.74 Å². The largest absolute Gasteiger partial charge is 0.481 e. The van der Waals surface area contributed by atoms with Crippen LogP contribution in [-0.2, 0) is 14.9 Å². The maximum absolute atomic E-state index is 12.0. The molecular weight excluding hydrogens is 292 g/mol. The minimum atomic E-state index is -0.706. The van der Waals surface area contributed by atoms with Crippen LogP contribution in [0.5, 0.6) is 0 Å². The number of esters is 1. The molecule has 0 bridgehead atoms. The summed E-state index contributed by atoms with van der Waals surface area (Å²) < 4.78 is 5.35. The van der Waals surface area contributed by atoms with E-state index >= 15 is 0 Å². The minimum absolute atomic E-state index is 0.138. The molecule has 1 saturated carbocycles. The van der Waals surface area contributed by atoms with Crippen LogP contribution in [0.3, 0.4) is 0 Å². The van der Waals surface area contributed by atoms with Gasteiger partial charge in [0.15, 0.2) is 0 Å². The van der Waals surface area contributed by atoms with Gasteiger partial charge in [-0.15, -0.1) is 0 Å². The van der Waals surface area contributed by atoms with Crippen LogP contribution in [0.15, 0.2) is 24.3 Å². The molecule has 126 valence electrons. The number of carbonyl (C=O) groups is 2. The zero-order valence-corrected chi connectivity index (χ0v) is 14.6. The van der Waals surface area contributed by atoms with Crippen LogP contribution in [0.25, 0.3) is 0 Å². The number of rotatable bonds is 4. The van der Waals surface area contributed by atoms with Crippen molar-refractivity contribution >= 4 is 11.9 Å². The highest BCUT2D eigenvalue weighted by Gasteiger charge is 2.56. The van der Waals surface area contributed by atoms with Gasteiger partial charge in [-0.1, -0.05) is 26.0 Å². The van der Waals surface area contributed by atoms with Gasteiger partial charge in [-0.3, -0.25) is 4.79 Å². The number of carbonyl (C=O) groups excluding carboxylic acids is 1. The number of hydrogen-bond donors (Lipinski definition) is 1. The van der Waals surface area contributed by atoms with Crippen molar-refractivity contribution in [1.29, 1.82) is 0 Å². The molecule has 1 aromatic rings. The van der Waals surface area contributed by atoms with Gasteiger partial charge in [0.25, 0.3) is 0 Å². The van der Waals surface area contributed by atoms with Crippen molar-refractivity contribution in [3.8, 4) is 0 Å². The summed E-state index contributed by atoms with van der Waals surface area (Å²) in [5.74, 6) is -1.04. The predicted molar refractivity (Wildman–Crippen MR) is 88.6 cm³/mol. The van der Waals surface area contributed by atoms with Crippen molar-refractivity contribution < 1.29 is 19.4 Å². The maximum atomic E-state index is 12.0. The van der Waals surface area contributed by atoms with E-state index in [0.717, 1.165) is 5.56 Å². The summed E-state index contributed by atoms with van der Waals surface area (Å²) in [6.45, 7) is 9.53. The molecule has 2 rings (SSSR count). The van der Waals surface area contributed by atoms with E-state index in [1.165, 1.54) is 0 Å². The topological polar surface area (TPSA) is 63.6 Å². The third-order valence-corrected chi connectivity index (χ3v) is 4.80. The Hall–Kier alpha value is -1.84. The van der Waals surface area contributed by atoms with Crippen LogP contribution in [-0.4, -0.2) is 22.6 Å². The Labute approximate surface area is 137 Å². The van der Waals surface area contributed by atoms with E-state index < -0.39 is 17.0 Å². The highest BCUT2D eigenvalue weighted by molar-refractivity contribution is 5.89. The van der Waals surface area contributed by atoms with E-state index in [2.05, 4.69) is 6.92 Å². The molecule has 1 aromatic carbocycles. The number of carboxylic acids is 1. The van der Waals surface area contributed by atoms with Crippen LogP contribution in [0.4, 0.5) is 0 Å². The minimum Gasteiger partial charge on any atom is -0.481 e. The fourth-order valence-corrected chi connectivity index (χ4v) is 3.54. The second-order valence-electron chi connectivity index (χ2n) is 7.93. The molecule has 0 heterocycles. The lowest BCUT2D eigenvalue weighted by Crippen LogP contribution is -2.52. The lowest BCUT2D eigenvalue weighted by atomic mass is 9.50. The Morgan fingerprint density at radius 1 is 1.17 bits per heavy atom. The molecule has 0 radical (unpaired) electrons. The van der Waals surface area contributed by atoms with Gasteiger partial charge in [-0.25, -0.2) is 4.79 Å². The summed E-state index contributed by atoms with van der Waals surface area (Å²) in [6.07, 6.45) is 1.92. The monoisotopic (exact) mass is 318 g/mol. The zero-order chi connectivity index (χ0) is 17.5. The number of ether oxygens (including phenoxy) is 1. The van der Waals surface area contributed by atoms with Crippen molar-refractivity contribution in [2.24, 2.45) is 5.41 Å². The second-order valence-corrected chi connectivity index (χ2v) is 7.93. The van der Waals surface area contributed by atoms with Crippen molar-refractivity contribution in [1.82, 2.24) is 0 Å². The molecule has 0 saturated heterocycles.